The summed E-state index contributed by atoms with van der Waals surface area (Å²) < 4.78 is 28.7. The van der Waals surface area contributed by atoms with E-state index in [4.69, 9.17) is 15.4 Å². The molecule has 0 atom stereocenters. The van der Waals surface area contributed by atoms with Crippen LogP contribution in [0.2, 0.25) is 0 Å². The van der Waals surface area contributed by atoms with Crippen molar-refractivity contribution < 1.29 is 17.9 Å². The molecule has 0 aromatic heterocycles. The highest BCUT2D eigenvalue weighted by molar-refractivity contribution is 8.11. The molecule has 0 unspecified atom stereocenters. The number of rotatable bonds is 4. The molecule has 0 aliphatic carbocycles. The van der Waals surface area contributed by atoms with Crippen LogP contribution in [0.15, 0.2) is 30.3 Å². The van der Waals surface area contributed by atoms with E-state index in [9.17, 15) is 13.2 Å². The fourth-order valence-corrected chi connectivity index (χ4v) is 3.22. The molecule has 1 aliphatic heterocycles. The molecule has 0 N–H and O–H groups in total. The van der Waals surface area contributed by atoms with E-state index in [1.165, 1.54) is 4.31 Å². The van der Waals surface area contributed by atoms with Crippen molar-refractivity contribution in [2.45, 2.75) is 19.4 Å². The molecular formula is C13H16ClNO4S. The summed E-state index contributed by atoms with van der Waals surface area (Å²) in [5, 5.41) is 0. The van der Waals surface area contributed by atoms with Crippen LogP contribution >= 0.6 is 10.7 Å². The highest BCUT2D eigenvalue weighted by atomic mass is 35.7. The van der Waals surface area contributed by atoms with Gasteiger partial charge in [-0.15, -0.1) is 0 Å². The van der Waals surface area contributed by atoms with Crippen LogP contribution in [0.25, 0.3) is 0 Å². The summed E-state index contributed by atoms with van der Waals surface area (Å²) in [6.07, 6.45) is 0.888. The molecule has 1 aromatic rings. The number of halogens is 1. The summed E-state index contributed by atoms with van der Waals surface area (Å²) in [6.45, 7) is 0.765. The Kier molecular flexibility index (Phi) is 5.01. The van der Waals surface area contributed by atoms with Gasteiger partial charge in [-0.1, -0.05) is 30.3 Å². The smallest absolute Gasteiger partial charge is 0.309 e. The standard InChI is InChI=1S/C13H16ClNO4S/c14-20(17,18)15-8-6-12(7-9-15)13(16)19-10-11-4-2-1-3-5-11/h1-5,12H,6-10H2. The second-order valence-corrected chi connectivity index (χ2v) is 7.22. The normalized spacial score (nSPS) is 17.9. The second kappa shape index (κ2) is 6.56. The van der Waals surface area contributed by atoms with Crippen molar-refractivity contribution in [1.29, 1.82) is 0 Å². The molecular weight excluding hydrogens is 302 g/mol. The Hall–Kier alpha value is -1.11. The summed E-state index contributed by atoms with van der Waals surface area (Å²) >= 11 is 0. The first-order chi connectivity index (χ1) is 9.47. The zero-order valence-electron chi connectivity index (χ0n) is 10.9. The van der Waals surface area contributed by atoms with E-state index in [-0.39, 0.29) is 31.6 Å². The lowest BCUT2D eigenvalue weighted by atomic mass is 9.98. The fraction of sp³-hybridized carbons (Fsp3) is 0.462. The number of benzene rings is 1. The topological polar surface area (TPSA) is 63.7 Å². The summed E-state index contributed by atoms with van der Waals surface area (Å²) in [7, 11) is 1.59. The first-order valence-corrected chi connectivity index (χ1v) is 8.64. The molecule has 2 rings (SSSR count). The van der Waals surface area contributed by atoms with Crippen LogP contribution in [0.3, 0.4) is 0 Å². The number of ether oxygens (including phenoxy) is 1. The van der Waals surface area contributed by atoms with E-state index in [0.717, 1.165) is 5.56 Å². The highest BCUT2D eigenvalue weighted by Gasteiger charge is 2.30. The van der Waals surface area contributed by atoms with Gasteiger partial charge in [0.25, 0.3) is 9.24 Å². The number of piperidine rings is 1. The van der Waals surface area contributed by atoms with Gasteiger partial charge in [-0.05, 0) is 18.4 Å². The predicted molar refractivity (Wildman–Crippen MR) is 75.3 cm³/mol. The van der Waals surface area contributed by atoms with Crippen molar-refractivity contribution in [3.8, 4) is 0 Å². The molecule has 0 bridgehead atoms. The minimum absolute atomic E-state index is 0.244. The Bertz CT molecular complexity index is 553. The molecule has 1 saturated heterocycles. The van der Waals surface area contributed by atoms with Gasteiger partial charge in [0.2, 0.25) is 0 Å². The zero-order valence-corrected chi connectivity index (χ0v) is 12.4. The number of carbonyl (C=O) groups is 1. The monoisotopic (exact) mass is 317 g/mol. The molecule has 1 aliphatic rings. The lowest BCUT2D eigenvalue weighted by Gasteiger charge is -2.27. The van der Waals surface area contributed by atoms with Crippen molar-refractivity contribution in [3.63, 3.8) is 0 Å². The Morgan fingerprint density at radius 3 is 2.40 bits per heavy atom. The Morgan fingerprint density at radius 2 is 1.85 bits per heavy atom. The van der Waals surface area contributed by atoms with Gasteiger partial charge in [0.05, 0.1) is 5.92 Å². The summed E-state index contributed by atoms with van der Waals surface area (Å²) in [4.78, 5) is 11.9. The Morgan fingerprint density at radius 1 is 1.25 bits per heavy atom. The van der Waals surface area contributed by atoms with Crippen LogP contribution in [-0.4, -0.2) is 31.8 Å². The van der Waals surface area contributed by atoms with Gasteiger partial charge >= 0.3 is 5.97 Å². The van der Waals surface area contributed by atoms with Crippen molar-refractivity contribution >= 4 is 25.9 Å². The van der Waals surface area contributed by atoms with Gasteiger partial charge in [-0.25, -0.2) is 0 Å². The maximum Gasteiger partial charge on any atom is 0.309 e. The van der Waals surface area contributed by atoms with Gasteiger partial charge in [-0.2, -0.15) is 12.7 Å². The molecule has 1 heterocycles. The molecule has 5 nitrogen and oxygen atoms in total. The molecule has 0 radical (unpaired) electrons. The van der Waals surface area contributed by atoms with Crippen molar-refractivity contribution in [3.05, 3.63) is 35.9 Å². The van der Waals surface area contributed by atoms with Gasteiger partial charge in [0.1, 0.15) is 6.61 Å². The minimum atomic E-state index is -3.68. The first kappa shape index (κ1) is 15.3. The zero-order chi connectivity index (χ0) is 14.6. The maximum atomic E-state index is 11.9. The van der Waals surface area contributed by atoms with Crippen molar-refractivity contribution in [1.82, 2.24) is 4.31 Å². The predicted octanol–water partition coefficient (Wildman–Crippen LogP) is 1.93. The molecule has 1 fully saturated rings. The third-order valence-electron chi connectivity index (χ3n) is 3.32. The molecule has 110 valence electrons. The summed E-state index contributed by atoms with van der Waals surface area (Å²) in [5.41, 5.74) is 0.932. The third kappa shape index (κ3) is 4.19. The van der Waals surface area contributed by atoms with Gasteiger partial charge < -0.3 is 4.74 Å². The third-order valence-corrected chi connectivity index (χ3v) is 4.89. The maximum absolute atomic E-state index is 11.9. The number of carbonyl (C=O) groups excluding carboxylic acids is 1. The average molecular weight is 318 g/mol. The van der Waals surface area contributed by atoms with Crippen molar-refractivity contribution in [2.24, 2.45) is 5.92 Å². The van der Waals surface area contributed by atoms with E-state index in [1.807, 2.05) is 30.3 Å². The molecule has 0 amide bonds. The van der Waals surface area contributed by atoms with Crippen LogP contribution in [0, 0.1) is 5.92 Å². The Labute approximate surface area is 123 Å². The minimum Gasteiger partial charge on any atom is -0.461 e. The fourth-order valence-electron chi connectivity index (χ4n) is 2.16. The highest BCUT2D eigenvalue weighted by Crippen LogP contribution is 2.22. The molecule has 1 aromatic carbocycles. The average Bonchev–Trinajstić information content (AvgIpc) is 2.45. The van der Waals surface area contributed by atoms with Crippen LogP contribution in [0.4, 0.5) is 0 Å². The lowest BCUT2D eigenvalue weighted by Crippen LogP contribution is -2.38. The molecule has 0 saturated carbocycles. The first-order valence-electron chi connectivity index (χ1n) is 6.37. The molecule has 20 heavy (non-hydrogen) atoms. The van der Waals surface area contributed by atoms with Crippen LogP contribution < -0.4 is 0 Å². The van der Waals surface area contributed by atoms with E-state index in [1.54, 1.807) is 0 Å². The SMILES string of the molecule is O=C(OCc1ccccc1)C1CCN(S(=O)(=O)Cl)CC1. The largest absolute Gasteiger partial charge is 0.461 e. The van der Waals surface area contributed by atoms with Gasteiger partial charge in [0, 0.05) is 23.8 Å². The number of esters is 1. The summed E-state index contributed by atoms with van der Waals surface area (Å²) in [6, 6.07) is 9.43. The van der Waals surface area contributed by atoms with Gasteiger partial charge in [-0.3, -0.25) is 4.79 Å². The van der Waals surface area contributed by atoms with Crippen LogP contribution in [0.5, 0.6) is 0 Å². The molecule has 0 spiro atoms. The van der Waals surface area contributed by atoms with Crippen LogP contribution in [0.1, 0.15) is 18.4 Å². The van der Waals surface area contributed by atoms with E-state index in [2.05, 4.69) is 0 Å². The number of hydrogen-bond donors (Lipinski definition) is 0. The quantitative estimate of drug-likeness (QED) is 0.629. The van der Waals surface area contributed by atoms with E-state index in [0.29, 0.717) is 12.8 Å². The second-order valence-electron chi connectivity index (χ2n) is 4.71. The summed E-state index contributed by atoms with van der Waals surface area (Å²) in [5.74, 6) is -0.533. The van der Waals surface area contributed by atoms with Crippen molar-refractivity contribution in [2.75, 3.05) is 13.1 Å². The van der Waals surface area contributed by atoms with E-state index >= 15 is 0 Å². The van der Waals surface area contributed by atoms with Gasteiger partial charge in [0.15, 0.2) is 0 Å². The molecule has 7 heteroatoms. The number of hydrogen-bond acceptors (Lipinski definition) is 4. The Balaban J connectivity index is 1.80. The number of nitrogens with zero attached hydrogens (tertiary/aromatic N) is 1. The van der Waals surface area contributed by atoms with E-state index < -0.39 is 9.24 Å². The lowest BCUT2D eigenvalue weighted by molar-refractivity contribution is -0.151. The van der Waals surface area contributed by atoms with Crippen LogP contribution in [-0.2, 0) is 25.4 Å².